The van der Waals surface area contributed by atoms with Crippen LogP contribution in [0.5, 0.6) is 17.2 Å². The highest BCUT2D eigenvalue weighted by atomic mass is 31.2. The molecule has 0 aliphatic rings. The molecular formula is C6H9N2O5P. The largest absolute Gasteiger partial charge is 0.508 e. The third kappa shape index (κ3) is 2.53. The molecule has 0 spiro atoms. The van der Waals surface area contributed by atoms with Gasteiger partial charge in [-0.1, -0.05) is 0 Å². The van der Waals surface area contributed by atoms with E-state index in [1.165, 1.54) is 0 Å². The maximum Gasteiger partial charge on any atom is 0.360 e. The van der Waals surface area contributed by atoms with Crippen molar-refractivity contribution in [3.8, 4) is 17.2 Å². The summed E-state index contributed by atoms with van der Waals surface area (Å²) in [5.41, 5.74) is 4.35. The van der Waals surface area contributed by atoms with Gasteiger partial charge in [0.1, 0.15) is 22.9 Å². The summed E-state index contributed by atoms with van der Waals surface area (Å²) in [7, 11) is -4.11. The summed E-state index contributed by atoms with van der Waals surface area (Å²) in [6.45, 7) is 0. The number of aromatic hydroxyl groups is 3. The highest BCUT2D eigenvalue weighted by molar-refractivity contribution is 7.57. The van der Waals surface area contributed by atoms with Crippen molar-refractivity contribution in [2.75, 3.05) is 5.09 Å². The third-order valence-corrected chi connectivity index (χ3v) is 1.90. The standard InChI is InChI=1S/C6H9N2O5P/c7-14(12,13)8-6-4(10)1-3(9)2-5(6)11/h1-2,9-11H,(H4,7,8,12,13). The maximum atomic E-state index is 10.7. The second-order valence-electron chi connectivity index (χ2n) is 2.59. The van der Waals surface area contributed by atoms with Crippen LogP contribution in [0.4, 0.5) is 5.69 Å². The summed E-state index contributed by atoms with van der Waals surface area (Å²) in [4.78, 5) is 8.73. The van der Waals surface area contributed by atoms with E-state index in [4.69, 9.17) is 25.7 Å². The van der Waals surface area contributed by atoms with Crippen molar-refractivity contribution >= 4 is 13.4 Å². The van der Waals surface area contributed by atoms with E-state index in [0.29, 0.717) is 0 Å². The first-order chi connectivity index (χ1) is 6.29. The summed E-state index contributed by atoms with van der Waals surface area (Å²) in [6, 6.07) is 1.77. The summed E-state index contributed by atoms with van der Waals surface area (Å²) in [5, 5.41) is 29.1. The fourth-order valence-electron chi connectivity index (χ4n) is 0.872. The number of hydrogen-bond donors (Lipinski definition) is 6. The lowest BCUT2D eigenvalue weighted by Crippen LogP contribution is -2.04. The smallest absolute Gasteiger partial charge is 0.360 e. The Bertz CT molecular complexity index is 378. The molecule has 0 bridgehead atoms. The molecule has 0 heterocycles. The zero-order valence-corrected chi connectivity index (χ0v) is 7.77. The summed E-state index contributed by atoms with van der Waals surface area (Å²) < 4.78 is 10.7. The molecule has 7 N–H and O–H groups in total. The number of nitrogens with two attached hydrogens (primary N) is 1. The minimum Gasteiger partial charge on any atom is -0.508 e. The van der Waals surface area contributed by atoms with Gasteiger partial charge >= 0.3 is 7.67 Å². The van der Waals surface area contributed by atoms with Gasteiger partial charge in [-0.2, -0.15) is 0 Å². The number of rotatable bonds is 2. The highest BCUT2D eigenvalue weighted by Crippen LogP contribution is 2.43. The molecule has 0 amide bonds. The third-order valence-electron chi connectivity index (χ3n) is 1.35. The zero-order chi connectivity index (χ0) is 10.9. The molecule has 0 fully saturated rings. The molecule has 0 saturated heterocycles. The molecule has 78 valence electrons. The van der Waals surface area contributed by atoms with Crippen molar-refractivity contribution in [2.24, 2.45) is 5.50 Å². The average Bonchev–Trinajstić information content (AvgIpc) is 1.95. The van der Waals surface area contributed by atoms with E-state index in [9.17, 15) is 4.57 Å². The lowest BCUT2D eigenvalue weighted by Gasteiger charge is -2.12. The van der Waals surface area contributed by atoms with Crippen LogP contribution in [-0.4, -0.2) is 20.2 Å². The van der Waals surface area contributed by atoms with Gasteiger partial charge in [0.15, 0.2) is 0 Å². The fraction of sp³-hybridized carbons (Fsp3) is 0. The predicted octanol–water partition coefficient (Wildman–Crippen LogP) is 0.274. The minimum atomic E-state index is -4.11. The summed E-state index contributed by atoms with van der Waals surface area (Å²) in [5.74, 6) is -1.54. The Labute approximate surface area is 79.0 Å². The Hall–Kier alpha value is -1.43. The quantitative estimate of drug-likeness (QED) is 0.239. The van der Waals surface area contributed by atoms with Crippen molar-refractivity contribution in [2.45, 2.75) is 0 Å². The van der Waals surface area contributed by atoms with Crippen molar-refractivity contribution in [1.29, 1.82) is 0 Å². The Morgan fingerprint density at radius 3 is 2.00 bits per heavy atom. The van der Waals surface area contributed by atoms with Crippen LogP contribution in [0.3, 0.4) is 0 Å². The Morgan fingerprint density at radius 1 is 1.21 bits per heavy atom. The molecule has 0 radical (unpaired) electrons. The van der Waals surface area contributed by atoms with Crippen LogP contribution in [0.1, 0.15) is 0 Å². The SMILES string of the molecule is NP(=O)(O)Nc1c(O)cc(O)cc1O. The second-order valence-corrected chi connectivity index (χ2v) is 4.06. The predicted molar refractivity (Wildman–Crippen MR) is 49.1 cm³/mol. The van der Waals surface area contributed by atoms with E-state index in [-0.39, 0.29) is 5.75 Å². The van der Waals surface area contributed by atoms with E-state index in [0.717, 1.165) is 12.1 Å². The molecule has 14 heavy (non-hydrogen) atoms. The van der Waals surface area contributed by atoms with Crippen molar-refractivity contribution < 1.29 is 24.8 Å². The summed E-state index contributed by atoms with van der Waals surface area (Å²) in [6.07, 6.45) is 0. The van der Waals surface area contributed by atoms with Crippen LogP contribution >= 0.6 is 7.67 Å². The lowest BCUT2D eigenvalue weighted by atomic mass is 10.2. The second kappa shape index (κ2) is 3.38. The van der Waals surface area contributed by atoms with Crippen LogP contribution in [0.2, 0.25) is 0 Å². The van der Waals surface area contributed by atoms with Crippen LogP contribution in [0, 0.1) is 0 Å². The number of phenols is 3. The molecule has 1 unspecified atom stereocenters. The van der Waals surface area contributed by atoms with Crippen LogP contribution < -0.4 is 10.6 Å². The van der Waals surface area contributed by atoms with Crippen molar-refractivity contribution in [1.82, 2.24) is 0 Å². The van der Waals surface area contributed by atoms with E-state index < -0.39 is 24.9 Å². The molecule has 8 heteroatoms. The Morgan fingerprint density at radius 2 is 1.64 bits per heavy atom. The molecule has 1 aromatic carbocycles. The molecular weight excluding hydrogens is 211 g/mol. The van der Waals surface area contributed by atoms with Gasteiger partial charge in [0, 0.05) is 12.1 Å². The number of hydrogen-bond acceptors (Lipinski definition) is 4. The monoisotopic (exact) mass is 220 g/mol. The van der Waals surface area contributed by atoms with Crippen molar-refractivity contribution in [3.05, 3.63) is 12.1 Å². The van der Waals surface area contributed by atoms with E-state index >= 15 is 0 Å². The lowest BCUT2D eigenvalue weighted by molar-refractivity contribution is 0.430. The first-order valence-corrected chi connectivity index (χ1v) is 5.17. The molecule has 1 atom stereocenters. The average molecular weight is 220 g/mol. The summed E-state index contributed by atoms with van der Waals surface area (Å²) >= 11 is 0. The van der Waals surface area contributed by atoms with Crippen molar-refractivity contribution in [3.63, 3.8) is 0 Å². The van der Waals surface area contributed by atoms with Gasteiger partial charge in [-0.3, -0.25) is 5.09 Å². The van der Waals surface area contributed by atoms with E-state index in [1.54, 1.807) is 0 Å². The van der Waals surface area contributed by atoms with Crippen LogP contribution in [-0.2, 0) is 4.57 Å². The molecule has 7 nitrogen and oxygen atoms in total. The van der Waals surface area contributed by atoms with Crippen LogP contribution in [0.15, 0.2) is 12.1 Å². The van der Waals surface area contributed by atoms with Gasteiger partial charge in [0.25, 0.3) is 0 Å². The fourth-order valence-corrected chi connectivity index (χ4v) is 1.42. The minimum absolute atomic E-state index is 0.379. The Balaban J connectivity index is 3.15. The first-order valence-electron chi connectivity index (χ1n) is 3.44. The Kier molecular flexibility index (Phi) is 2.57. The van der Waals surface area contributed by atoms with Gasteiger partial charge in [-0.05, 0) is 0 Å². The molecule has 1 aromatic rings. The van der Waals surface area contributed by atoms with Gasteiger partial charge in [0.2, 0.25) is 0 Å². The maximum absolute atomic E-state index is 10.7. The molecule has 0 saturated carbocycles. The first kappa shape index (κ1) is 10.6. The van der Waals surface area contributed by atoms with E-state index in [2.05, 4.69) is 0 Å². The van der Waals surface area contributed by atoms with Gasteiger partial charge in [-0.25, -0.2) is 10.1 Å². The topological polar surface area (TPSA) is 136 Å². The molecule has 0 aromatic heterocycles. The molecule has 0 aliphatic heterocycles. The number of nitrogens with one attached hydrogen (secondary N) is 1. The number of anilines is 1. The number of phenolic OH excluding ortho intramolecular Hbond substituents is 3. The normalized spacial score (nSPS) is 14.7. The molecule has 1 rings (SSSR count). The molecule has 0 aliphatic carbocycles. The number of benzene rings is 1. The van der Waals surface area contributed by atoms with Gasteiger partial charge in [-0.15, -0.1) is 0 Å². The van der Waals surface area contributed by atoms with Crippen LogP contribution in [0.25, 0.3) is 0 Å². The van der Waals surface area contributed by atoms with E-state index in [1.807, 2.05) is 5.09 Å². The highest BCUT2D eigenvalue weighted by Gasteiger charge is 2.17. The van der Waals surface area contributed by atoms with Gasteiger partial charge in [0.05, 0.1) is 0 Å². The van der Waals surface area contributed by atoms with Gasteiger partial charge < -0.3 is 20.2 Å². The zero-order valence-electron chi connectivity index (χ0n) is 6.88.